The third kappa shape index (κ3) is 4.23. The largest absolute Gasteiger partial charge is 0.484 e. The lowest BCUT2D eigenvalue weighted by Gasteiger charge is -2.21. The van der Waals surface area contributed by atoms with Crippen LogP contribution in [0.2, 0.25) is 0 Å². The fraction of sp³-hybridized carbons (Fsp3) is 0.368. The smallest absolute Gasteiger partial charge is 0.291 e. The summed E-state index contributed by atoms with van der Waals surface area (Å²) >= 11 is 0. The van der Waals surface area contributed by atoms with E-state index in [4.69, 9.17) is 14.9 Å². The van der Waals surface area contributed by atoms with Crippen LogP contribution in [0, 0.1) is 5.92 Å². The fourth-order valence-corrected chi connectivity index (χ4v) is 3.15. The van der Waals surface area contributed by atoms with Gasteiger partial charge in [0.25, 0.3) is 11.8 Å². The number of hydrogen-bond donors (Lipinski definition) is 2. The summed E-state index contributed by atoms with van der Waals surface area (Å²) in [5, 5.41) is 2.73. The molecule has 3 rings (SSSR count). The Morgan fingerprint density at radius 3 is 2.88 bits per heavy atom. The number of carbonyl (C=O) groups is 2. The molecule has 3 N–H and O–H groups in total. The minimum absolute atomic E-state index is 0.0444. The molecule has 1 aromatic carbocycles. The second-order valence-corrected chi connectivity index (χ2v) is 6.48. The molecule has 1 saturated heterocycles. The van der Waals surface area contributed by atoms with Crippen LogP contribution in [0.25, 0.3) is 0 Å². The number of likely N-dealkylation sites (tertiary alicyclic amines) is 1. The molecule has 7 heteroatoms. The van der Waals surface area contributed by atoms with Gasteiger partial charge in [0.05, 0.1) is 6.26 Å². The molecule has 2 unspecified atom stereocenters. The van der Waals surface area contributed by atoms with Gasteiger partial charge in [-0.2, -0.15) is 0 Å². The van der Waals surface area contributed by atoms with E-state index < -0.39 is 0 Å². The van der Waals surface area contributed by atoms with Gasteiger partial charge in [-0.1, -0.05) is 6.07 Å². The van der Waals surface area contributed by atoms with E-state index in [9.17, 15) is 9.59 Å². The molecule has 0 radical (unpaired) electrons. The van der Waals surface area contributed by atoms with Crippen LogP contribution in [-0.4, -0.2) is 42.5 Å². The van der Waals surface area contributed by atoms with Crippen LogP contribution in [0.15, 0.2) is 47.1 Å². The number of hydrogen-bond acceptors (Lipinski definition) is 5. The third-order valence-electron chi connectivity index (χ3n) is 4.51. The monoisotopic (exact) mass is 357 g/mol. The molecule has 1 fully saturated rings. The first-order valence-electron chi connectivity index (χ1n) is 8.64. The normalized spacial score (nSPS) is 19.4. The SMILES string of the molecule is CC1CC(CN)CN1C(=O)COc1cccc(NC(=O)c2ccco2)c1. The first-order chi connectivity index (χ1) is 12.6. The number of nitrogens with zero attached hydrogens (tertiary/aromatic N) is 1. The second kappa shape index (κ2) is 8.05. The van der Waals surface area contributed by atoms with Crippen molar-refractivity contribution in [3.63, 3.8) is 0 Å². The van der Waals surface area contributed by atoms with Crippen molar-refractivity contribution in [1.29, 1.82) is 0 Å². The molecule has 0 bridgehead atoms. The number of nitrogens with one attached hydrogen (secondary N) is 1. The van der Waals surface area contributed by atoms with Gasteiger partial charge in [-0.15, -0.1) is 0 Å². The molecule has 2 amide bonds. The van der Waals surface area contributed by atoms with Gasteiger partial charge in [0.15, 0.2) is 12.4 Å². The summed E-state index contributed by atoms with van der Waals surface area (Å²) < 4.78 is 10.7. The topological polar surface area (TPSA) is 97.8 Å². The first kappa shape index (κ1) is 18.0. The fourth-order valence-electron chi connectivity index (χ4n) is 3.15. The highest BCUT2D eigenvalue weighted by molar-refractivity contribution is 6.02. The Balaban J connectivity index is 1.55. The number of ether oxygens (including phenoxy) is 1. The standard InChI is InChI=1S/C19H23N3O4/c1-13-8-14(10-20)11-22(13)18(23)12-26-16-5-2-4-15(9-16)21-19(24)17-6-3-7-25-17/h2-7,9,13-14H,8,10-12,20H2,1H3,(H,21,24). The zero-order valence-corrected chi connectivity index (χ0v) is 14.7. The number of rotatable bonds is 6. The van der Waals surface area contributed by atoms with E-state index in [0.717, 1.165) is 6.42 Å². The van der Waals surface area contributed by atoms with Crippen molar-refractivity contribution in [2.24, 2.45) is 11.7 Å². The van der Waals surface area contributed by atoms with Crippen LogP contribution in [-0.2, 0) is 4.79 Å². The highest BCUT2D eigenvalue weighted by atomic mass is 16.5. The van der Waals surface area contributed by atoms with Crippen molar-refractivity contribution in [3.8, 4) is 5.75 Å². The molecule has 138 valence electrons. The molecular formula is C19H23N3O4. The van der Waals surface area contributed by atoms with Crippen molar-refractivity contribution < 1.29 is 18.7 Å². The Bertz CT molecular complexity index is 760. The lowest BCUT2D eigenvalue weighted by Crippen LogP contribution is -2.37. The molecule has 0 aliphatic carbocycles. The summed E-state index contributed by atoms with van der Waals surface area (Å²) in [6.07, 6.45) is 2.37. The van der Waals surface area contributed by atoms with Crippen LogP contribution in [0.1, 0.15) is 23.9 Å². The number of amides is 2. The number of furan rings is 1. The number of nitrogens with two attached hydrogens (primary N) is 1. The van der Waals surface area contributed by atoms with Crippen LogP contribution in [0.4, 0.5) is 5.69 Å². The molecule has 2 atom stereocenters. The lowest BCUT2D eigenvalue weighted by molar-refractivity contribution is -0.134. The Morgan fingerprint density at radius 1 is 1.35 bits per heavy atom. The summed E-state index contributed by atoms with van der Waals surface area (Å²) in [4.78, 5) is 26.2. The molecule has 26 heavy (non-hydrogen) atoms. The summed E-state index contributed by atoms with van der Waals surface area (Å²) in [5.74, 6) is 0.691. The van der Waals surface area contributed by atoms with Gasteiger partial charge >= 0.3 is 0 Å². The number of carbonyl (C=O) groups excluding carboxylic acids is 2. The second-order valence-electron chi connectivity index (χ2n) is 6.48. The van der Waals surface area contributed by atoms with Gasteiger partial charge in [0.1, 0.15) is 5.75 Å². The van der Waals surface area contributed by atoms with E-state index in [1.807, 2.05) is 11.8 Å². The van der Waals surface area contributed by atoms with E-state index in [1.165, 1.54) is 6.26 Å². The highest BCUT2D eigenvalue weighted by Crippen LogP contribution is 2.23. The molecule has 1 aromatic heterocycles. The molecule has 2 heterocycles. The summed E-state index contributed by atoms with van der Waals surface area (Å²) in [7, 11) is 0. The van der Waals surface area contributed by atoms with E-state index in [2.05, 4.69) is 5.32 Å². The lowest BCUT2D eigenvalue weighted by atomic mass is 10.1. The van der Waals surface area contributed by atoms with Crippen molar-refractivity contribution in [2.75, 3.05) is 25.0 Å². The molecule has 7 nitrogen and oxygen atoms in total. The highest BCUT2D eigenvalue weighted by Gasteiger charge is 2.31. The summed E-state index contributed by atoms with van der Waals surface area (Å²) in [6.45, 7) is 3.25. The maximum atomic E-state index is 12.4. The van der Waals surface area contributed by atoms with E-state index >= 15 is 0 Å². The molecule has 1 aliphatic rings. The van der Waals surface area contributed by atoms with Gasteiger partial charge < -0.3 is 25.1 Å². The number of benzene rings is 1. The zero-order valence-electron chi connectivity index (χ0n) is 14.7. The Morgan fingerprint density at radius 2 is 2.19 bits per heavy atom. The third-order valence-corrected chi connectivity index (χ3v) is 4.51. The molecular weight excluding hydrogens is 334 g/mol. The number of anilines is 1. The van der Waals surface area contributed by atoms with Crippen LogP contribution in [0.3, 0.4) is 0 Å². The predicted octanol–water partition coefficient (Wildman–Crippen LogP) is 2.11. The van der Waals surface area contributed by atoms with Crippen molar-refractivity contribution in [2.45, 2.75) is 19.4 Å². The molecule has 1 aliphatic heterocycles. The van der Waals surface area contributed by atoms with Crippen LogP contribution >= 0.6 is 0 Å². The van der Waals surface area contributed by atoms with Crippen LogP contribution < -0.4 is 15.8 Å². The summed E-state index contributed by atoms with van der Waals surface area (Å²) in [5.41, 5.74) is 6.27. The van der Waals surface area contributed by atoms with Gasteiger partial charge in [0, 0.05) is 24.3 Å². The molecule has 0 spiro atoms. The molecule has 0 saturated carbocycles. The van der Waals surface area contributed by atoms with Gasteiger partial charge in [-0.05, 0) is 50.1 Å². The Labute approximate surface area is 152 Å². The van der Waals surface area contributed by atoms with Gasteiger partial charge in [-0.25, -0.2) is 0 Å². The van der Waals surface area contributed by atoms with Gasteiger partial charge in [-0.3, -0.25) is 9.59 Å². The average Bonchev–Trinajstić information content (AvgIpc) is 3.29. The minimum atomic E-state index is -0.345. The quantitative estimate of drug-likeness (QED) is 0.825. The van der Waals surface area contributed by atoms with Gasteiger partial charge in [0.2, 0.25) is 0 Å². The Kier molecular flexibility index (Phi) is 5.58. The molecule has 2 aromatic rings. The van der Waals surface area contributed by atoms with E-state index in [0.29, 0.717) is 30.4 Å². The first-order valence-corrected chi connectivity index (χ1v) is 8.64. The minimum Gasteiger partial charge on any atom is -0.484 e. The maximum Gasteiger partial charge on any atom is 0.291 e. The average molecular weight is 357 g/mol. The van der Waals surface area contributed by atoms with E-state index in [-0.39, 0.29) is 30.2 Å². The van der Waals surface area contributed by atoms with Crippen molar-refractivity contribution in [3.05, 3.63) is 48.4 Å². The predicted molar refractivity (Wildman–Crippen MR) is 96.9 cm³/mol. The zero-order chi connectivity index (χ0) is 18.5. The Hall–Kier alpha value is -2.80. The van der Waals surface area contributed by atoms with Crippen molar-refractivity contribution in [1.82, 2.24) is 4.90 Å². The summed E-state index contributed by atoms with van der Waals surface area (Å²) in [6, 6.07) is 10.3. The van der Waals surface area contributed by atoms with Crippen LogP contribution in [0.5, 0.6) is 5.75 Å². The van der Waals surface area contributed by atoms with Crippen molar-refractivity contribution >= 4 is 17.5 Å². The van der Waals surface area contributed by atoms with E-state index in [1.54, 1.807) is 36.4 Å². The maximum absolute atomic E-state index is 12.4.